The van der Waals surface area contributed by atoms with Crippen LogP contribution in [-0.2, 0) is 6.42 Å². The second-order valence-corrected chi connectivity index (χ2v) is 14.4. The molecule has 2 aliphatic rings. The van der Waals surface area contributed by atoms with Crippen LogP contribution in [0.1, 0.15) is 55.4 Å². The van der Waals surface area contributed by atoms with Gasteiger partial charge in [-0.05, 0) is 142 Å². The summed E-state index contributed by atoms with van der Waals surface area (Å²) in [5.41, 5.74) is 18.9. The molecule has 0 amide bonds. The van der Waals surface area contributed by atoms with E-state index in [1.54, 1.807) is 0 Å². The minimum Gasteiger partial charge on any atom is -0.310 e. The molecule has 1 nitrogen and oxygen atoms in total. The van der Waals surface area contributed by atoms with Crippen molar-refractivity contribution in [2.45, 2.75) is 46.5 Å². The molecule has 1 unspecified atom stereocenters. The Morgan fingerprint density at radius 3 is 1.83 bits per heavy atom. The summed E-state index contributed by atoms with van der Waals surface area (Å²) in [7, 11) is 0. The molecule has 1 heteroatoms. The quantitative estimate of drug-likeness (QED) is 0.146. The van der Waals surface area contributed by atoms with Crippen LogP contribution < -0.4 is 4.90 Å². The lowest BCUT2D eigenvalue weighted by molar-refractivity contribution is 0.739. The fourth-order valence-electron chi connectivity index (χ4n) is 7.93. The molecule has 0 aromatic heterocycles. The van der Waals surface area contributed by atoms with Crippen LogP contribution in [0.5, 0.6) is 0 Å². The highest BCUT2D eigenvalue weighted by atomic mass is 15.1. The van der Waals surface area contributed by atoms with E-state index in [2.05, 4.69) is 202 Å². The molecule has 0 fully saturated rings. The zero-order valence-corrected chi connectivity index (χ0v) is 31.1. The number of allylic oxidation sites excluding steroid dienone is 8. The number of anilines is 3. The van der Waals surface area contributed by atoms with Crippen LogP contribution >= 0.6 is 0 Å². The molecule has 6 aromatic carbocycles. The highest BCUT2D eigenvalue weighted by molar-refractivity contribution is 5.92. The minimum atomic E-state index is 0.594. The van der Waals surface area contributed by atoms with E-state index in [4.69, 9.17) is 0 Å². The minimum absolute atomic E-state index is 0.594. The Kier molecular flexibility index (Phi) is 9.91. The van der Waals surface area contributed by atoms with Crippen molar-refractivity contribution in [2.75, 3.05) is 4.90 Å². The Labute approximate surface area is 316 Å². The molecule has 0 spiro atoms. The number of rotatable bonds is 9. The zero-order chi connectivity index (χ0) is 36.1. The SMILES string of the molecule is CCc1c(-c2ccccc2C)cccc1-c1ccc(N(c2ccc(C3=CCC(C)C=C3)cc2)c2ccc(-c3ccccc3)cc2)cc1C1=CCCC=C1. The summed E-state index contributed by atoms with van der Waals surface area (Å²) in [6.45, 7) is 6.78. The van der Waals surface area contributed by atoms with Gasteiger partial charge in [-0.1, -0.05) is 153 Å². The van der Waals surface area contributed by atoms with Crippen molar-refractivity contribution >= 4 is 28.2 Å². The molecule has 0 saturated carbocycles. The van der Waals surface area contributed by atoms with Gasteiger partial charge in [-0.3, -0.25) is 0 Å². The number of hydrogen-bond donors (Lipinski definition) is 0. The van der Waals surface area contributed by atoms with Crippen LogP contribution in [0, 0.1) is 12.8 Å². The summed E-state index contributed by atoms with van der Waals surface area (Å²) in [6, 6.07) is 51.5. The second-order valence-electron chi connectivity index (χ2n) is 14.4. The van der Waals surface area contributed by atoms with Gasteiger partial charge in [0.1, 0.15) is 0 Å². The summed E-state index contributed by atoms with van der Waals surface area (Å²) < 4.78 is 0. The smallest absolute Gasteiger partial charge is 0.0468 e. The molecule has 2 aliphatic carbocycles. The Bertz CT molecular complexity index is 2350. The summed E-state index contributed by atoms with van der Waals surface area (Å²) in [6.07, 6.45) is 18.2. The Morgan fingerprint density at radius 1 is 0.528 bits per heavy atom. The number of aryl methyl sites for hydroxylation is 1. The Morgan fingerprint density at radius 2 is 1.17 bits per heavy atom. The van der Waals surface area contributed by atoms with Gasteiger partial charge in [0.15, 0.2) is 0 Å². The van der Waals surface area contributed by atoms with E-state index < -0.39 is 0 Å². The maximum absolute atomic E-state index is 2.42. The first-order valence-electron chi connectivity index (χ1n) is 19.2. The lowest BCUT2D eigenvalue weighted by Gasteiger charge is -2.28. The van der Waals surface area contributed by atoms with Gasteiger partial charge in [0.2, 0.25) is 0 Å². The van der Waals surface area contributed by atoms with Crippen LogP contribution in [0.4, 0.5) is 17.1 Å². The van der Waals surface area contributed by atoms with E-state index in [0.717, 1.165) is 42.7 Å². The van der Waals surface area contributed by atoms with E-state index in [0.29, 0.717) is 5.92 Å². The molecule has 0 saturated heterocycles. The average Bonchev–Trinajstić information content (AvgIpc) is 3.22. The number of hydrogen-bond acceptors (Lipinski definition) is 1. The molecule has 6 aromatic rings. The Hall–Kier alpha value is -5.92. The summed E-state index contributed by atoms with van der Waals surface area (Å²) in [5, 5.41) is 0. The van der Waals surface area contributed by atoms with Crippen molar-refractivity contribution < 1.29 is 0 Å². The molecule has 260 valence electrons. The van der Waals surface area contributed by atoms with Gasteiger partial charge >= 0.3 is 0 Å². The molecule has 0 aliphatic heterocycles. The third-order valence-corrected chi connectivity index (χ3v) is 10.8. The number of benzene rings is 6. The monoisotopic (exact) mass is 685 g/mol. The summed E-state index contributed by atoms with van der Waals surface area (Å²) in [4.78, 5) is 2.41. The van der Waals surface area contributed by atoms with Gasteiger partial charge in [0, 0.05) is 17.1 Å². The molecular formula is C52H47N. The largest absolute Gasteiger partial charge is 0.310 e. The van der Waals surface area contributed by atoms with Crippen LogP contribution in [0.3, 0.4) is 0 Å². The van der Waals surface area contributed by atoms with E-state index in [1.807, 2.05) is 0 Å². The molecule has 0 radical (unpaired) electrons. The third-order valence-electron chi connectivity index (χ3n) is 10.8. The number of nitrogens with zero attached hydrogens (tertiary/aromatic N) is 1. The molecule has 0 bridgehead atoms. The third kappa shape index (κ3) is 7.13. The first-order valence-corrected chi connectivity index (χ1v) is 19.2. The first kappa shape index (κ1) is 34.2. The first-order chi connectivity index (χ1) is 26.1. The van der Waals surface area contributed by atoms with Crippen molar-refractivity contribution in [2.24, 2.45) is 5.92 Å². The van der Waals surface area contributed by atoms with Gasteiger partial charge in [-0.15, -0.1) is 0 Å². The normalized spacial score (nSPS) is 15.2. The van der Waals surface area contributed by atoms with Crippen LogP contribution in [0.25, 0.3) is 44.5 Å². The van der Waals surface area contributed by atoms with Crippen LogP contribution in [-0.4, -0.2) is 0 Å². The fraction of sp³-hybridized carbons (Fsp3) is 0.154. The second kappa shape index (κ2) is 15.4. The van der Waals surface area contributed by atoms with Gasteiger partial charge in [0.05, 0.1) is 0 Å². The van der Waals surface area contributed by atoms with E-state index >= 15 is 0 Å². The van der Waals surface area contributed by atoms with Crippen molar-refractivity contribution in [3.05, 3.63) is 198 Å². The van der Waals surface area contributed by atoms with Gasteiger partial charge < -0.3 is 4.90 Å². The van der Waals surface area contributed by atoms with Gasteiger partial charge in [-0.2, -0.15) is 0 Å². The van der Waals surface area contributed by atoms with Crippen molar-refractivity contribution in [1.82, 2.24) is 0 Å². The Balaban J connectivity index is 1.27. The van der Waals surface area contributed by atoms with Gasteiger partial charge in [-0.25, -0.2) is 0 Å². The maximum Gasteiger partial charge on any atom is 0.0468 e. The van der Waals surface area contributed by atoms with Gasteiger partial charge in [0.25, 0.3) is 0 Å². The lowest BCUT2D eigenvalue weighted by atomic mass is 9.85. The highest BCUT2D eigenvalue weighted by Crippen LogP contribution is 2.43. The summed E-state index contributed by atoms with van der Waals surface area (Å²) in [5.74, 6) is 0.594. The molecular weight excluding hydrogens is 639 g/mol. The predicted molar refractivity (Wildman–Crippen MR) is 229 cm³/mol. The average molecular weight is 686 g/mol. The van der Waals surface area contributed by atoms with E-state index in [-0.39, 0.29) is 0 Å². The summed E-state index contributed by atoms with van der Waals surface area (Å²) >= 11 is 0. The molecule has 1 atom stereocenters. The fourth-order valence-corrected chi connectivity index (χ4v) is 7.93. The predicted octanol–water partition coefficient (Wildman–Crippen LogP) is 14.7. The molecule has 0 N–H and O–H groups in total. The van der Waals surface area contributed by atoms with E-state index in [1.165, 1.54) is 66.8 Å². The van der Waals surface area contributed by atoms with Crippen molar-refractivity contribution in [3.8, 4) is 33.4 Å². The lowest BCUT2D eigenvalue weighted by Crippen LogP contribution is -2.11. The standard InChI is InChI=1S/C52H47N/c1-4-47-49(48-19-12-11-14-38(48)3)20-13-21-50(47)51-35-34-46(36-52(51)43-17-9-6-10-18-43)53(44-30-26-41(27-31-44)39-15-7-5-8-16-39)45-32-28-42(29-33-45)40-24-22-37(2)23-25-40/h5,7-9,11-22,24-37H,4,6,10,23H2,1-3H3. The molecule has 53 heavy (non-hydrogen) atoms. The van der Waals surface area contributed by atoms with Crippen LogP contribution in [0.2, 0.25) is 0 Å². The molecule has 8 rings (SSSR count). The highest BCUT2D eigenvalue weighted by Gasteiger charge is 2.20. The van der Waals surface area contributed by atoms with Crippen LogP contribution in [0.15, 0.2) is 176 Å². The zero-order valence-electron chi connectivity index (χ0n) is 31.1. The van der Waals surface area contributed by atoms with Crippen molar-refractivity contribution in [1.29, 1.82) is 0 Å². The molecule has 0 heterocycles. The topological polar surface area (TPSA) is 3.24 Å². The maximum atomic E-state index is 2.42. The van der Waals surface area contributed by atoms with E-state index in [9.17, 15) is 0 Å². The van der Waals surface area contributed by atoms with Crippen molar-refractivity contribution in [3.63, 3.8) is 0 Å².